The van der Waals surface area contributed by atoms with Crippen LogP contribution >= 0.6 is 0 Å². The molecule has 2 aromatic carbocycles. The van der Waals surface area contributed by atoms with Gasteiger partial charge in [-0.05, 0) is 56.0 Å². The minimum absolute atomic E-state index is 0.210. The summed E-state index contributed by atoms with van der Waals surface area (Å²) in [7, 11) is 1.61. The minimum atomic E-state index is -0.210. The Morgan fingerprint density at radius 1 is 0.933 bits per heavy atom. The van der Waals surface area contributed by atoms with Crippen molar-refractivity contribution in [2.45, 2.75) is 40.7 Å². The molecular weight excluding hydrogens is 382 g/mol. The van der Waals surface area contributed by atoms with Crippen LogP contribution in [-0.4, -0.2) is 32.8 Å². The van der Waals surface area contributed by atoms with Crippen LogP contribution in [0.25, 0.3) is 0 Å². The lowest BCUT2D eigenvalue weighted by atomic mass is 10.1. The van der Waals surface area contributed by atoms with Gasteiger partial charge in [0.2, 0.25) is 0 Å². The van der Waals surface area contributed by atoms with Crippen LogP contribution in [0.4, 0.5) is 0 Å². The summed E-state index contributed by atoms with van der Waals surface area (Å²) in [5.74, 6) is 2.91. The number of amides is 1. The van der Waals surface area contributed by atoms with E-state index < -0.39 is 0 Å². The van der Waals surface area contributed by atoms with E-state index in [0.29, 0.717) is 60.8 Å². The Kier molecular flexibility index (Phi) is 9.32. The van der Waals surface area contributed by atoms with Crippen molar-refractivity contribution in [3.63, 3.8) is 0 Å². The number of nitrogens with one attached hydrogen (secondary N) is 1. The van der Waals surface area contributed by atoms with E-state index in [2.05, 4.69) is 19.2 Å². The summed E-state index contributed by atoms with van der Waals surface area (Å²) in [6.07, 6.45) is 0.977. The van der Waals surface area contributed by atoms with Crippen LogP contribution in [-0.2, 0) is 6.54 Å². The summed E-state index contributed by atoms with van der Waals surface area (Å²) in [6, 6.07) is 10.9. The molecule has 0 saturated carbocycles. The average molecular weight is 416 g/mol. The lowest BCUT2D eigenvalue weighted by Crippen LogP contribution is -2.23. The highest BCUT2D eigenvalue weighted by Crippen LogP contribution is 2.29. The first-order chi connectivity index (χ1) is 14.5. The Balaban J connectivity index is 2.05. The van der Waals surface area contributed by atoms with Gasteiger partial charge in [0.05, 0.1) is 32.5 Å². The average Bonchev–Trinajstić information content (AvgIpc) is 2.73. The molecule has 0 heterocycles. The maximum atomic E-state index is 12.7. The van der Waals surface area contributed by atoms with E-state index >= 15 is 0 Å². The highest BCUT2D eigenvalue weighted by Gasteiger charge is 2.14. The van der Waals surface area contributed by atoms with Crippen molar-refractivity contribution in [3.8, 4) is 23.0 Å². The van der Waals surface area contributed by atoms with E-state index in [1.807, 2.05) is 32.0 Å². The Morgan fingerprint density at radius 2 is 1.70 bits per heavy atom. The fraction of sp³-hybridized carbons (Fsp3) is 0.458. The van der Waals surface area contributed by atoms with Crippen LogP contribution in [0.2, 0.25) is 0 Å². The Morgan fingerprint density at radius 3 is 2.37 bits per heavy atom. The number of rotatable bonds is 12. The van der Waals surface area contributed by atoms with Gasteiger partial charge in [0, 0.05) is 12.6 Å². The number of carbonyl (C=O) groups excluding carboxylic acids is 1. The molecule has 0 aromatic heterocycles. The highest BCUT2D eigenvalue weighted by atomic mass is 16.5. The molecule has 0 saturated heterocycles. The van der Waals surface area contributed by atoms with Gasteiger partial charge >= 0.3 is 0 Å². The van der Waals surface area contributed by atoms with Crippen molar-refractivity contribution in [2.24, 2.45) is 5.92 Å². The summed E-state index contributed by atoms with van der Waals surface area (Å²) in [5.41, 5.74) is 1.39. The first-order valence-corrected chi connectivity index (χ1v) is 10.5. The molecule has 6 nitrogen and oxygen atoms in total. The number of hydrogen-bond donors (Lipinski definition) is 1. The zero-order chi connectivity index (χ0) is 21.9. The summed E-state index contributed by atoms with van der Waals surface area (Å²) in [6.45, 7) is 10.1. The van der Waals surface area contributed by atoms with Crippen LogP contribution in [0.3, 0.4) is 0 Å². The quantitative estimate of drug-likeness (QED) is 0.537. The first kappa shape index (κ1) is 23.4. The molecule has 0 fully saturated rings. The molecule has 0 aliphatic carbocycles. The second-order valence-corrected chi connectivity index (χ2v) is 7.22. The topological polar surface area (TPSA) is 66.0 Å². The lowest BCUT2D eigenvalue weighted by Gasteiger charge is -2.14. The molecule has 164 valence electrons. The molecule has 0 radical (unpaired) electrons. The van der Waals surface area contributed by atoms with E-state index in [1.54, 1.807) is 25.3 Å². The normalized spacial score (nSPS) is 10.6. The van der Waals surface area contributed by atoms with Gasteiger partial charge in [0.15, 0.2) is 11.5 Å². The van der Waals surface area contributed by atoms with Crippen LogP contribution in [0, 0.1) is 5.92 Å². The number of benzene rings is 2. The van der Waals surface area contributed by atoms with E-state index in [0.717, 1.165) is 12.0 Å². The van der Waals surface area contributed by atoms with Gasteiger partial charge in [-0.3, -0.25) is 4.79 Å². The van der Waals surface area contributed by atoms with Gasteiger partial charge in [0.1, 0.15) is 11.5 Å². The molecule has 0 bridgehead atoms. The molecule has 30 heavy (non-hydrogen) atoms. The van der Waals surface area contributed by atoms with Gasteiger partial charge in [0.25, 0.3) is 5.91 Å². The van der Waals surface area contributed by atoms with E-state index in [-0.39, 0.29) is 5.91 Å². The number of carbonyl (C=O) groups is 1. The molecule has 1 amide bonds. The third kappa shape index (κ3) is 6.87. The van der Waals surface area contributed by atoms with Crippen molar-refractivity contribution in [1.29, 1.82) is 0 Å². The van der Waals surface area contributed by atoms with Crippen LogP contribution in [0.15, 0.2) is 36.4 Å². The molecule has 1 N–H and O–H groups in total. The predicted octanol–water partition coefficient (Wildman–Crippen LogP) is 4.85. The van der Waals surface area contributed by atoms with Gasteiger partial charge in [-0.25, -0.2) is 0 Å². The van der Waals surface area contributed by atoms with Crippen molar-refractivity contribution in [3.05, 3.63) is 47.5 Å². The first-order valence-electron chi connectivity index (χ1n) is 10.5. The Labute approximate surface area is 179 Å². The summed E-state index contributed by atoms with van der Waals surface area (Å²) < 4.78 is 22.4. The van der Waals surface area contributed by atoms with Gasteiger partial charge in [-0.15, -0.1) is 0 Å². The zero-order valence-electron chi connectivity index (χ0n) is 18.6. The summed E-state index contributed by atoms with van der Waals surface area (Å²) in [4.78, 5) is 12.7. The molecule has 6 heteroatoms. The highest BCUT2D eigenvalue weighted by molar-refractivity contribution is 5.97. The van der Waals surface area contributed by atoms with Crippen LogP contribution in [0.1, 0.15) is 50.0 Å². The van der Waals surface area contributed by atoms with Gasteiger partial charge in [-0.2, -0.15) is 0 Å². The smallest absolute Gasteiger partial charge is 0.255 e. The number of methoxy groups -OCH3 is 1. The molecular formula is C24H33NO5. The van der Waals surface area contributed by atoms with E-state index in [1.165, 1.54) is 0 Å². The van der Waals surface area contributed by atoms with Crippen molar-refractivity contribution >= 4 is 5.91 Å². The maximum Gasteiger partial charge on any atom is 0.255 e. The number of ether oxygens (including phenoxy) is 4. The second-order valence-electron chi connectivity index (χ2n) is 7.22. The second kappa shape index (κ2) is 12.0. The summed E-state index contributed by atoms with van der Waals surface area (Å²) >= 11 is 0. The Hall–Kier alpha value is -2.89. The van der Waals surface area contributed by atoms with E-state index in [4.69, 9.17) is 18.9 Å². The Bertz CT molecular complexity index is 819. The zero-order valence-corrected chi connectivity index (χ0v) is 18.6. The molecule has 0 spiro atoms. The summed E-state index contributed by atoms with van der Waals surface area (Å²) in [5, 5.41) is 2.94. The molecule has 0 unspecified atom stereocenters. The third-order valence-electron chi connectivity index (χ3n) is 4.44. The van der Waals surface area contributed by atoms with Crippen LogP contribution in [0.5, 0.6) is 23.0 Å². The molecule has 0 atom stereocenters. The maximum absolute atomic E-state index is 12.7. The monoisotopic (exact) mass is 415 g/mol. The minimum Gasteiger partial charge on any atom is -0.494 e. The SMILES string of the molecule is CCOc1ccc(C(=O)NCc2ccc(OCCC(C)C)c(OC)c2)c(OCC)c1. The van der Waals surface area contributed by atoms with Gasteiger partial charge in [-0.1, -0.05) is 19.9 Å². The number of hydrogen-bond acceptors (Lipinski definition) is 5. The molecule has 2 aromatic rings. The van der Waals surface area contributed by atoms with Gasteiger partial charge < -0.3 is 24.3 Å². The van der Waals surface area contributed by atoms with Crippen LogP contribution < -0.4 is 24.3 Å². The molecule has 0 aliphatic rings. The fourth-order valence-corrected chi connectivity index (χ4v) is 2.84. The van der Waals surface area contributed by atoms with Crippen molar-refractivity contribution < 1.29 is 23.7 Å². The third-order valence-corrected chi connectivity index (χ3v) is 4.44. The molecule has 2 rings (SSSR count). The lowest BCUT2D eigenvalue weighted by molar-refractivity contribution is 0.0947. The fourth-order valence-electron chi connectivity index (χ4n) is 2.84. The molecule has 0 aliphatic heterocycles. The predicted molar refractivity (Wildman–Crippen MR) is 118 cm³/mol. The van der Waals surface area contributed by atoms with E-state index in [9.17, 15) is 4.79 Å². The standard InChI is InChI=1S/C24H33NO5/c1-6-28-19-9-10-20(22(15-19)29-7-2)24(26)25-16-18-8-11-21(23(14-18)27-5)30-13-12-17(3)4/h8-11,14-15,17H,6-7,12-13,16H2,1-5H3,(H,25,26). The van der Waals surface area contributed by atoms with Crippen molar-refractivity contribution in [2.75, 3.05) is 26.9 Å². The largest absolute Gasteiger partial charge is 0.494 e. The van der Waals surface area contributed by atoms with Crippen molar-refractivity contribution in [1.82, 2.24) is 5.32 Å².